The van der Waals surface area contributed by atoms with Crippen molar-refractivity contribution in [2.24, 2.45) is 0 Å². The molecule has 0 saturated carbocycles. The summed E-state index contributed by atoms with van der Waals surface area (Å²) in [5, 5.41) is 2.94. The number of ether oxygens (including phenoxy) is 1. The summed E-state index contributed by atoms with van der Waals surface area (Å²) in [7, 11) is 1.35. The summed E-state index contributed by atoms with van der Waals surface area (Å²) >= 11 is 3.06. The maximum atomic E-state index is 11.1. The molecule has 1 rings (SSSR count). The van der Waals surface area contributed by atoms with E-state index in [1.165, 1.54) is 7.11 Å². The van der Waals surface area contributed by atoms with Crippen molar-refractivity contribution in [3.8, 4) is 0 Å². The second-order valence-corrected chi connectivity index (χ2v) is 3.69. The number of hydrogen-bond donors (Lipinski definition) is 1. The molecule has 86 valence electrons. The molecule has 5 heteroatoms. The molecule has 0 bridgehead atoms. The third-order valence-corrected chi connectivity index (χ3v) is 2.44. The van der Waals surface area contributed by atoms with E-state index in [0.29, 0.717) is 5.69 Å². The van der Waals surface area contributed by atoms with Crippen molar-refractivity contribution in [1.82, 2.24) is 0 Å². The summed E-state index contributed by atoms with van der Waals surface area (Å²) in [5.41, 5.74) is 1.56. The highest BCUT2D eigenvalue weighted by atomic mass is 79.9. The van der Waals surface area contributed by atoms with Crippen molar-refractivity contribution < 1.29 is 14.3 Å². The molecule has 0 spiro atoms. The van der Waals surface area contributed by atoms with Crippen LogP contribution in [0.2, 0.25) is 0 Å². The molecule has 0 fully saturated rings. The van der Waals surface area contributed by atoms with Gasteiger partial charge in [-0.15, -0.1) is 0 Å². The van der Waals surface area contributed by atoms with Crippen LogP contribution in [0.1, 0.15) is 5.56 Å². The number of nitrogens with one attached hydrogen (secondary N) is 1. The number of halogens is 1. The summed E-state index contributed by atoms with van der Waals surface area (Å²) in [6.45, 7) is 0. The Bertz CT molecular complexity index is 338. The molecule has 0 atom stereocenters. The Morgan fingerprint density at radius 2 is 1.94 bits per heavy atom. The first-order valence-electron chi connectivity index (χ1n) is 4.67. The van der Waals surface area contributed by atoms with Crippen LogP contribution in [0.4, 0.5) is 5.69 Å². The number of amides is 1. The zero-order chi connectivity index (χ0) is 12.0. The average molecular weight is 286 g/mol. The number of rotatable bonds is 4. The Kier molecular flexibility index (Phi) is 4.98. The first kappa shape index (κ1) is 12.7. The summed E-state index contributed by atoms with van der Waals surface area (Å²) in [5.74, 6) is -0.391. The number of esters is 1. The van der Waals surface area contributed by atoms with E-state index in [1.54, 1.807) is 24.3 Å². The molecule has 4 nitrogen and oxygen atoms in total. The van der Waals surface area contributed by atoms with Crippen LogP contribution in [0.15, 0.2) is 24.3 Å². The second kappa shape index (κ2) is 6.27. The third-order valence-electron chi connectivity index (χ3n) is 1.94. The Morgan fingerprint density at radius 1 is 1.31 bits per heavy atom. The quantitative estimate of drug-likeness (QED) is 0.677. The van der Waals surface area contributed by atoms with Crippen molar-refractivity contribution in [3.63, 3.8) is 0 Å². The number of hydrogen-bond acceptors (Lipinski definition) is 3. The molecule has 0 saturated heterocycles. The minimum atomic E-state index is -0.280. The van der Waals surface area contributed by atoms with Crippen LogP contribution < -0.4 is 5.32 Å². The van der Waals surface area contributed by atoms with Gasteiger partial charge in [-0.3, -0.25) is 9.59 Å². The molecule has 0 aromatic heterocycles. The largest absolute Gasteiger partial charge is 0.469 e. The van der Waals surface area contributed by atoms with Gasteiger partial charge in [-0.1, -0.05) is 28.1 Å². The van der Waals surface area contributed by atoms with Gasteiger partial charge in [-0.05, 0) is 17.7 Å². The van der Waals surface area contributed by atoms with Crippen molar-refractivity contribution in [1.29, 1.82) is 0 Å². The van der Waals surface area contributed by atoms with Crippen molar-refractivity contribution in [2.45, 2.75) is 6.42 Å². The van der Waals surface area contributed by atoms with E-state index in [-0.39, 0.29) is 23.6 Å². The zero-order valence-corrected chi connectivity index (χ0v) is 10.4. The molecular formula is C11H12BrNO3. The Morgan fingerprint density at radius 3 is 2.44 bits per heavy atom. The van der Waals surface area contributed by atoms with Gasteiger partial charge in [0, 0.05) is 5.69 Å². The highest BCUT2D eigenvalue weighted by Gasteiger charge is 2.03. The number of benzene rings is 1. The van der Waals surface area contributed by atoms with Gasteiger partial charge in [-0.2, -0.15) is 0 Å². The van der Waals surface area contributed by atoms with Crippen LogP contribution in [0, 0.1) is 0 Å². The molecule has 16 heavy (non-hydrogen) atoms. The number of alkyl halides is 1. The maximum Gasteiger partial charge on any atom is 0.309 e. The first-order chi connectivity index (χ1) is 7.65. The number of carbonyl (C=O) groups is 2. The van der Waals surface area contributed by atoms with Crippen LogP contribution in [-0.2, 0) is 20.7 Å². The number of anilines is 1. The van der Waals surface area contributed by atoms with Gasteiger partial charge in [0.15, 0.2) is 0 Å². The second-order valence-electron chi connectivity index (χ2n) is 3.13. The molecule has 1 N–H and O–H groups in total. The lowest BCUT2D eigenvalue weighted by molar-refractivity contribution is -0.139. The fourth-order valence-electron chi connectivity index (χ4n) is 1.14. The molecule has 0 unspecified atom stereocenters. The third kappa shape index (κ3) is 4.02. The van der Waals surface area contributed by atoms with Gasteiger partial charge in [0.25, 0.3) is 0 Å². The van der Waals surface area contributed by atoms with Crippen LogP contribution >= 0.6 is 15.9 Å². The van der Waals surface area contributed by atoms with E-state index in [9.17, 15) is 9.59 Å². The molecule has 1 aromatic carbocycles. The molecule has 0 aliphatic carbocycles. The van der Waals surface area contributed by atoms with E-state index in [0.717, 1.165) is 5.56 Å². The molecule has 0 aliphatic rings. The van der Waals surface area contributed by atoms with Crippen LogP contribution in [0.3, 0.4) is 0 Å². The normalized spacial score (nSPS) is 9.62. The van der Waals surface area contributed by atoms with Gasteiger partial charge < -0.3 is 10.1 Å². The van der Waals surface area contributed by atoms with Crippen LogP contribution in [0.25, 0.3) is 0 Å². The maximum absolute atomic E-state index is 11.1. The topological polar surface area (TPSA) is 55.4 Å². The number of carbonyl (C=O) groups excluding carboxylic acids is 2. The van der Waals surface area contributed by atoms with E-state index < -0.39 is 0 Å². The van der Waals surface area contributed by atoms with Crippen molar-refractivity contribution in [2.75, 3.05) is 17.8 Å². The van der Waals surface area contributed by atoms with E-state index >= 15 is 0 Å². The lowest BCUT2D eigenvalue weighted by Crippen LogP contribution is -2.12. The van der Waals surface area contributed by atoms with Crippen LogP contribution in [-0.4, -0.2) is 24.3 Å². The minimum absolute atomic E-state index is 0.110. The molecular weight excluding hydrogens is 274 g/mol. The van der Waals surface area contributed by atoms with Gasteiger partial charge in [0.05, 0.1) is 18.9 Å². The lowest BCUT2D eigenvalue weighted by atomic mass is 10.1. The molecule has 0 aliphatic heterocycles. The Hall–Kier alpha value is -1.36. The van der Waals surface area contributed by atoms with Crippen LogP contribution in [0.5, 0.6) is 0 Å². The summed E-state index contributed by atoms with van der Waals surface area (Å²) in [6.07, 6.45) is 0.239. The highest BCUT2D eigenvalue weighted by molar-refractivity contribution is 9.09. The predicted molar refractivity (Wildman–Crippen MR) is 64.6 cm³/mol. The monoisotopic (exact) mass is 285 g/mol. The lowest BCUT2D eigenvalue weighted by Gasteiger charge is -2.04. The molecule has 1 aromatic rings. The Labute approximate surface area is 102 Å². The van der Waals surface area contributed by atoms with Gasteiger partial charge in [0.2, 0.25) is 5.91 Å². The van der Waals surface area contributed by atoms with Crippen molar-refractivity contribution in [3.05, 3.63) is 29.8 Å². The minimum Gasteiger partial charge on any atom is -0.469 e. The first-order valence-corrected chi connectivity index (χ1v) is 5.79. The van der Waals surface area contributed by atoms with E-state index in [4.69, 9.17) is 0 Å². The smallest absolute Gasteiger partial charge is 0.309 e. The summed E-state index contributed by atoms with van der Waals surface area (Å²) in [4.78, 5) is 22.1. The van der Waals surface area contributed by atoms with E-state index in [1.807, 2.05) is 0 Å². The highest BCUT2D eigenvalue weighted by Crippen LogP contribution is 2.10. The fraction of sp³-hybridized carbons (Fsp3) is 0.273. The summed E-state index contributed by atoms with van der Waals surface area (Å²) in [6, 6.07) is 7.05. The fourth-order valence-corrected chi connectivity index (χ4v) is 1.28. The molecule has 0 radical (unpaired) electrons. The molecule has 1 amide bonds. The van der Waals surface area contributed by atoms with Crippen molar-refractivity contribution >= 4 is 33.5 Å². The van der Waals surface area contributed by atoms with Gasteiger partial charge in [0.1, 0.15) is 0 Å². The SMILES string of the molecule is COC(=O)Cc1ccc(NC(=O)CBr)cc1. The zero-order valence-electron chi connectivity index (χ0n) is 8.83. The summed E-state index contributed by atoms with van der Waals surface area (Å²) < 4.78 is 4.55. The van der Waals surface area contributed by atoms with E-state index in [2.05, 4.69) is 26.0 Å². The number of methoxy groups -OCH3 is 1. The predicted octanol–water partition coefficient (Wildman–Crippen LogP) is 1.74. The van der Waals surface area contributed by atoms with Gasteiger partial charge in [-0.25, -0.2) is 0 Å². The Balaban J connectivity index is 2.60. The molecule has 0 heterocycles. The van der Waals surface area contributed by atoms with Gasteiger partial charge >= 0.3 is 5.97 Å². The average Bonchev–Trinajstić information content (AvgIpc) is 2.31. The standard InChI is InChI=1S/C11H12BrNO3/c1-16-11(15)6-8-2-4-9(5-3-8)13-10(14)7-12/h2-5H,6-7H2,1H3,(H,13,14).